The molecule has 1 aromatic rings. The van der Waals surface area contributed by atoms with Gasteiger partial charge in [0.1, 0.15) is 0 Å². The highest BCUT2D eigenvalue weighted by molar-refractivity contribution is 6.31. The second kappa shape index (κ2) is 4.33. The second-order valence-electron chi connectivity index (χ2n) is 3.98. The first-order valence-electron chi connectivity index (χ1n) is 5.22. The van der Waals surface area contributed by atoms with Crippen LogP contribution >= 0.6 is 11.6 Å². The topological polar surface area (TPSA) is 29.1 Å². The molecule has 1 atom stereocenters. The van der Waals surface area contributed by atoms with Crippen LogP contribution in [0.15, 0.2) is 18.2 Å². The Morgan fingerprint density at radius 3 is 2.93 bits per heavy atom. The summed E-state index contributed by atoms with van der Waals surface area (Å²) < 4.78 is 0. The van der Waals surface area contributed by atoms with Crippen molar-refractivity contribution in [3.8, 4) is 0 Å². The van der Waals surface area contributed by atoms with E-state index in [0.717, 1.165) is 24.9 Å². The normalized spacial score (nSPS) is 20.5. The molecule has 2 rings (SSSR count). The molecule has 1 aromatic carbocycles. The van der Waals surface area contributed by atoms with E-state index in [-0.39, 0.29) is 11.8 Å². The Hall–Kier alpha value is -0.860. The summed E-state index contributed by atoms with van der Waals surface area (Å²) in [6, 6.07) is 5.50. The maximum absolute atomic E-state index is 12.0. The van der Waals surface area contributed by atoms with Crippen molar-refractivity contribution >= 4 is 17.4 Å². The van der Waals surface area contributed by atoms with Crippen LogP contribution in [0.3, 0.4) is 0 Å². The summed E-state index contributed by atoms with van der Waals surface area (Å²) in [5.74, 6) is 0.161. The minimum Gasteiger partial charge on any atom is -0.307 e. The Labute approximate surface area is 94.6 Å². The van der Waals surface area contributed by atoms with Crippen LogP contribution in [-0.2, 0) is 0 Å². The maximum atomic E-state index is 12.0. The SMILES string of the molecule is Cc1ccc(C(=O)C2CCCN2)cc1Cl. The number of ketones is 1. The molecule has 0 amide bonds. The molecule has 1 aliphatic heterocycles. The average Bonchev–Trinajstić information content (AvgIpc) is 2.74. The van der Waals surface area contributed by atoms with E-state index in [1.165, 1.54) is 0 Å². The smallest absolute Gasteiger partial charge is 0.179 e. The van der Waals surface area contributed by atoms with Crippen LogP contribution in [0.2, 0.25) is 5.02 Å². The monoisotopic (exact) mass is 223 g/mol. The number of Topliss-reactive ketones (excluding diaryl/α,β-unsaturated/α-hetero) is 1. The lowest BCUT2D eigenvalue weighted by atomic mass is 10.0. The number of hydrogen-bond donors (Lipinski definition) is 1. The number of halogens is 1. The third-order valence-corrected chi connectivity index (χ3v) is 3.24. The summed E-state index contributed by atoms with van der Waals surface area (Å²) in [7, 11) is 0. The fourth-order valence-electron chi connectivity index (χ4n) is 1.86. The first kappa shape index (κ1) is 10.7. The van der Waals surface area contributed by atoms with E-state index in [4.69, 9.17) is 11.6 Å². The predicted octanol–water partition coefficient (Wildman–Crippen LogP) is 2.58. The number of nitrogens with one attached hydrogen (secondary N) is 1. The van der Waals surface area contributed by atoms with Gasteiger partial charge in [-0.1, -0.05) is 23.7 Å². The second-order valence-corrected chi connectivity index (χ2v) is 4.38. The van der Waals surface area contributed by atoms with Crippen LogP contribution < -0.4 is 5.32 Å². The van der Waals surface area contributed by atoms with Crippen LogP contribution in [-0.4, -0.2) is 18.4 Å². The molecule has 80 valence electrons. The van der Waals surface area contributed by atoms with Crippen molar-refractivity contribution in [1.29, 1.82) is 0 Å². The van der Waals surface area contributed by atoms with Crippen molar-refractivity contribution in [1.82, 2.24) is 5.32 Å². The summed E-state index contributed by atoms with van der Waals surface area (Å²) in [4.78, 5) is 12.0. The van der Waals surface area contributed by atoms with Crippen molar-refractivity contribution in [2.75, 3.05) is 6.54 Å². The highest BCUT2D eigenvalue weighted by atomic mass is 35.5. The summed E-state index contributed by atoms with van der Waals surface area (Å²) in [6.07, 6.45) is 2.01. The van der Waals surface area contributed by atoms with Crippen molar-refractivity contribution in [3.63, 3.8) is 0 Å². The molecule has 0 aromatic heterocycles. The zero-order valence-electron chi connectivity index (χ0n) is 8.72. The molecule has 3 heteroatoms. The third kappa shape index (κ3) is 2.21. The standard InChI is InChI=1S/C12H14ClNO/c1-8-4-5-9(7-10(8)13)12(15)11-3-2-6-14-11/h4-5,7,11,14H,2-3,6H2,1H3. The number of carbonyl (C=O) groups excluding carboxylic acids is 1. The summed E-state index contributed by atoms with van der Waals surface area (Å²) in [5.41, 5.74) is 1.72. The summed E-state index contributed by atoms with van der Waals surface area (Å²) in [6.45, 7) is 2.88. The van der Waals surface area contributed by atoms with Gasteiger partial charge in [0, 0.05) is 10.6 Å². The Balaban J connectivity index is 2.21. The molecular formula is C12H14ClNO. The van der Waals surface area contributed by atoms with Crippen LogP contribution in [0.1, 0.15) is 28.8 Å². The van der Waals surface area contributed by atoms with Gasteiger partial charge < -0.3 is 5.32 Å². The van der Waals surface area contributed by atoms with E-state index in [2.05, 4.69) is 5.32 Å². The van der Waals surface area contributed by atoms with Gasteiger partial charge in [0.25, 0.3) is 0 Å². The van der Waals surface area contributed by atoms with Gasteiger partial charge in [-0.15, -0.1) is 0 Å². The number of benzene rings is 1. The fraction of sp³-hybridized carbons (Fsp3) is 0.417. The molecule has 0 bridgehead atoms. The molecule has 1 N–H and O–H groups in total. The predicted molar refractivity (Wildman–Crippen MR) is 61.5 cm³/mol. The van der Waals surface area contributed by atoms with E-state index in [1.54, 1.807) is 6.07 Å². The molecule has 0 aliphatic carbocycles. The minimum absolute atomic E-state index is 0.0104. The first-order chi connectivity index (χ1) is 7.18. The fourth-order valence-corrected chi connectivity index (χ4v) is 2.04. The number of aryl methyl sites for hydroxylation is 1. The van der Waals surface area contributed by atoms with E-state index in [0.29, 0.717) is 10.6 Å². The lowest BCUT2D eigenvalue weighted by Gasteiger charge is -2.09. The largest absolute Gasteiger partial charge is 0.307 e. The lowest BCUT2D eigenvalue weighted by Crippen LogP contribution is -2.30. The Bertz CT molecular complexity index is 383. The molecular weight excluding hydrogens is 210 g/mol. The molecule has 1 saturated heterocycles. The average molecular weight is 224 g/mol. The Morgan fingerprint density at radius 1 is 1.53 bits per heavy atom. The van der Waals surface area contributed by atoms with Crippen LogP contribution in [0.5, 0.6) is 0 Å². The van der Waals surface area contributed by atoms with Gasteiger partial charge in [-0.25, -0.2) is 0 Å². The van der Waals surface area contributed by atoms with Crippen molar-refractivity contribution in [2.45, 2.75) is 25.8 Å². The summed E-state index contributed by atoms with van der Waals surface area (Å²) >= 11 is 5.99. The van der Waals surface area contributed by atoms with E-state index >= 15 is 0 Å². The molecule has 0 saturated carbocycles. The van der Waals surface area contributed by atoms with Crippen LogP contribution in [0.25, 0.3) is 0 Å². The molecule has 0 spiro atoms. The Kier molecular flexibility index (Phi) is 3.08. The molecule has 0 radical (unpaired) electrons. The van der Waals surface area contributed by atoms with Crippen molar-refractivity contribution < 1.29 is 4.79 Å². The summed E-state index contributed by atoms with van der Waals surface area (Å²) in [5, 5.41) is 3.86. The van der Waals surface area contributed by atoms with Gasteiger partial charge >= 0.3 is 0 Å². The van der Waals surface area contributed by atoms with Gasteiger partial charge in [0.15, 0.2) is 5.78 Å². The lowest BCUT2D eigenvalue weighted by molar-refractivity contribution is 0.0952. The molecule has 1 heterocycles. The van der Waals surface area contributed by atoms with E-state index < -0.39 is 0 Å². The zero-order valence-corrected chi connectivity index (χ0v) is 9.47. The third-order valence-electron chi connectivity index (χ3n) is 2.83. The highest BCUT2D eigenvalue weighted by Crippen LogP contribution is 2.19. The van der Waals surface area contributed by atoms with Crippen LogP contribution in [0.4, 0.5) is 0 Å². The molecule has 1 unspecified atom stereocenters. The van der Waals surface area contributed by atoms with E-state index in [1.807, 2.05) is 19.1 Å². The van der Waals surface area contributed by atoms with Crippen LogP contribution in [0, 0.1) is 6.92 Å². The van der Waals surface area contributed by atoms with Gasteiger partial charge in [0.2, 0.25) is 0 Å². The van der Waals surface area contributed by atoms with Gasteiger partial charge in [0.05, 0.1) is 6.04 Å². The van der Waals surface area contributed by atoms with Gasteiger partial charge in [-0.3, -0.25) is 4.79 Å². The van der Waals surface area contributed by atoms with Crippen molar-refractivity contribution in [3.05, 3.63) is 34.3 Å². The minimum atomic E-state index is -0.0104. The maximum Gasteiger partial charge on any atom is 0.179 e. The molecule has 1 aliphatic rings. The van der Waals surface area contributed by atoms with E-state index in [9.17, 15) is 4.79 Å². The number of carbonyl (C=O) groups is 1. The van der Waals surface area contributed by atoms with Gasteiger partial charge in [-0.05, 0) is 37.9 Å². The highest BCUT2D eigenvalue weighted by Gasteiger charge is 2.23. The molecule has 15 heavy (non-hydrogen) atoms. The van der Waals surface area contributed by atoms with Crippen molar-refractivity contribution in [2.24, 2.45) is 0 Å². The molecule has 1 fully saturated rings. The Morgan fingerprint density at radius 2 is 2.33 bits per heavy atom. The number of hydrogen-bond acceptors (Lipinski definition) is 2. The van der Waals surface area contributed by atoms with Gasteiger partial charge in [-0.2, -0.15) is 0 Å². The quantitative estimate of drug-likeness (QED) is 0.781. The number of rotatable bonds is 2. The first-order valence-corrected chi connectivity index (χ1v) is 5.60. The molecule has 2 nitrogen and oxygen atoms in total. The zero-order chi connectivity index (χ0) is 10.8.